The molecule has 0 saturated carbocycles. The van der Waals surface area contributed by atoms with Gasteiger partial charge in [-0.1, -0.05) is 17.7 Å². The molecule has 5 nitrogen and oxygen atoms in total. The zero-order chi connectivity index (χ0) is 14.3. The molecule has 0 aliphatic heterocycles. The van der Waals surface area contributed by atoms with Crippen molar-refractivity contribution in [2.24, 2.45) is 5.73 Å². The van der Waals surface area contributed by atoms with Gasteiger partial charge in [-0.05, 0) is 31.2 Å². The molecule has 3 N–H and O–H groups in total. The van der Waals surface area contributed by atoms with E-state index in [1.165, 1.54) is 10.6 Å². The molecule has 3 aromatic rings. The Morgan fingerprint density at radius 1 is 1.15 bits per heavy atom. The lowest BCUT2D eigenvalue weighted by Gasteiger charge is -2.07. The average Bonchev–Trinajstić information content (AvgIpc) is 2.84. The Balaban J connectivity index is 2.33. The van der Waals surface area contributed by atoms with Crippen LogP contribution in [0.3, 0.4) is 0 Å². The number of carbonyl (C=O) groups excluding carboxylic acids is 1. The van der Waals surface area contributed by atoms with Crippen LogP contribution in [0.25, 0.3) is 16.7 Å². The zero-order valence-corrected chi connectivity index (χ0v) is 10.9. The molecule has 0 fully saturated rings. The van der Waals surface area contributed by atoms with Crippen molar-refractivity contribution in [1.82, 2.24) is 9.55 Å². The number of pyridine rings is 1. The molecular weight excluding hydrogens is 254 g/mol. The van der Waals surface area contributed by atoms with E-state index >= 15 is 0 Å². The van der Waals surface area contributed by atoms with Crippen molar-refractivity contribution < 1.29 is 4.79 Å². The number of carbonyl (C=O) groups is 1. The molecule has 1 aromatic carbocycles. The van der Waals surface area contributed by atoms with E-state index in [1.54, 1.807) is 12.1 Å². The highest BCUT2D eigenvalue weighted by Gasteiger charge is 2.11. The summed E-state index contributed by atoms with van der Waals surface area (Å²) in [6.45, 7) is 1.98. The number of hydrogen-bond acceptors (Lipinski definition) is 2. The van der Waals surface area contributed by atoms with Crippen molar-refractivity contribution in [3.63, 3.8) is 0 Å². The molecule has 0 radical (unpaired) electrons. The molecule has 0 atom stereocenters. The second-order valence-corrected chi connectivity index (χ2v) is 4.69. The number of H-pyrrole nitrogens is 1. The molecule has 5 heteroatoms. The normalized spacial score (nSPS) is 10.8. The van der Waals surface area contributed by atoms with Crippen molar-refractivity contribution in [2.45, 2.75) is 6.92 Å². The molecule has 2 heterocycles. The molecule has 100 valence electrons. The lowest BCUT2D eigenvalue weighted by molar-refractivity contribution is 0.0996. The van der Waals surface area contributed by atoms with Crippen molar-refractivity contribution in [3.8, 4) is 5.69 Å². The molecule has 0 spiro atoms. The minimum Gasteiger partial charge on any atom is -0.364 e. The highest BCUT2D eigenvalue weighted by Crippen LogP contribution is 2.17. The van der Waals surface area contributed by atoms with Gasteiger partial charge >= 0.3 is 0 Å². The van der Waals surface area contributed by atoms with Crippen molar-refractivity contribution >= 4 is 16.9 Å². The number of nitrogens with zero attached hydrogens (tertiary/aromatic N) is 1. The summed E-state index contributed by atoms with van der Waals surface area (Å²) < 4.78 is 1.53. The molecule has 1 amide bonds. The van der Waals surface area contributed by atoms with E-state index in [0.29, 0.717) is 5.65 Å². The Bertz CT molecular complexity index is 857. The van der Waals surface area contributed by atoms with Crippen LogP contribution >= 0.6 is 0 Å². The Morgan fingerprint density at radius 2 is 1.85 bits per heavy atom. The highest BCUT2D eigenvalue weighted by molar-refractivity contribution is 5.96. The predicted molar refractivity (Wildman–Crippen MR) is 77.2 cm³/mol. The number of aromatic nitrogens is 2. The first-order chi connectivity index (χ1) is 9.56. The first-order valence-corrected chi connectivity index (χ1v) is 6.18. The van der Waals surface area contributed by atoms with Crippen LogP contribution in [0.15, 0.2) is 47.3 Å². The molecule has 0 aliphatic carbocycles. The van der Waals surface area contributed by atoms with E-state index in [2.05, 4.69) is 4.98 Å². The SMILES string of the molecule is Cc1ccc(-n2c(=O)ccc3cc(C(N)=O)[nH]c32)cc1. The summed E-state index contributed by atoms with van der Waals surface area (Å²) in [7, 11) is 0. The second kappa shape index (κ2) is 4.38. The number of hydrogen-bond donors (Lipinski definition) is 2. The van der Waals surface area contributed by atoms with Gasteiger partial charge in [-0.2, -0.15) is 0 Å². The predicted octanol–water partition coefficient (Wildman–Crippen LogP) is 1.73. The van der Waals surface area contributed by atoms with Crippen LogP contribution < -0.4 is 11.3 Å². The molecule has 20 heavy (non-hydrogen) atoms. The van der Waals surface area contributed by atoms with Gasteiger partial charge in [-0.25, -0.2) is 0 Å². The Kier molecular flexibility index (Phi) is 2.68. The number of nitrogens with two attached hydrogens (primary N) is 1. The molecule has 0 aliphatic rings. The molecule has 0 bridgehead atoms. The van der Waals surface area contributed by atoms with Crippen molar-refractivity contribution in [2.75, 3.05) is 0 Å². The monoisotopic (exact) mass is 267 g/mol. The Morgan fingerprint density at radius 3 is 2.50 bits per heavy atom. The number of primary amides is 1. The van der Waals surface area contributed by atoms with Gasteiger partial charge in [-0.3, -0.25) is 14.2 Å². The molecule has 0 unspecified atom stereocenters. The molecular formula is C15H13N3O2. The largest absolute Gasteiger partial charge is 0.364 e. The van der Waals surface area contributed by atoms with Gasteiger partial charge in [0, 0.05) is 11.5 Å². The van der Waals surface area contributed by atoms with Gasteiger partial charge in [0.15, 0.2) is 0 Å². The van der Waals surface area contributed by atoms with E-state index < -0.39 is 5.91 Å². The summed E-state index contributed by atoms with van der Waals surface area (Å²) in [4.78, 5) is 26.3. The quantitative estimate of drug-likeness (QED) is 0.741. The Hall–Kier alpha value is -2.82. The summed E-state index contributed by atoms with van der Waals surface area (Å²) in [6.07, 6.45) is 0. The fourth-order valence-electron chi connectivity index (χ4n) is 2.20. The maximum absolute atomic E-state index is 12.1. The summed E-state index contributed by atoms with van der Waals surface area (Å²) in [6, 6.07) is 12.4. The standard InChI is InChI=1S/C15H13N3O2/c1-9-2-5-11(6-3-9)18-13(19)7-4-10-8-12(14(16)20)17-15(10)18/h2-8,17H,1H3,(H2,16,20). The van der Waals surface area contributed by atoms with Crippen LogP contribution in [-0.2, 0) is 0 Å². The fourth-order valence-corrected chi connectivity index (χ4v) is 2.20. The second-order valence-electron chi connectivity index (χ2n) is 4.69. The van der Waals surface area contributed by atoms with Gasteiger partial charge in [0.2, 0.25) is 0 Å². The number of benzene rings is 1. The molecule has 3 rings (SSSR count). The summed E-state index contributed by atoms with van der Waals surface area (Å²) in [5.41, 5.74) is 7.80. The summed E-state index contributed by atoms with van der Waals surface area (Å²) in [5.74, 6) is -0.552. The lowest BCUT2D eigenvalue weighted by Crippen LogP contribution is -2.17. The molecule has 0 saturated heterocycles. The van der Waals surface area contributed by atoms with Crippen LogP contribution in [0, 0.1) is 6.92 Å². The summed E-state index contributed by atoms with van der Waals surface area (Å²) in [5, 5.41) is 0.763. The van der Waals surface area contributed by atoms with Crippen LogP contribution in [-0.4, -0.2) is 15.5 Å². The van der Waals surface area contributed by atoms with Gasteiger partial charge in [0.1, 0.15) is 11.3 Å². The third kappa shape index (κ3) is 1.89. The van der Waals surface area contributed by atoms with E-state index in [4.69, 9.17) is 5.73 Å². The first-order valence-electron chi connectivity index (χ1n) is 6.18. The summed E-state index contributed by atoms with van der Waals surface area (Å²) >= 11 is 0. The third-order valence-electron chi connectivity index (χ3n) is 3.23. The maximum Gasteiger partial charge on any atom is 0.265 e. The van der Waals surface area contributed by atoms with Crippen LogP contribution in [0.5, 0.6) is 0 Å². The first kappa shape index (κ1) is 12.2. The number of aromatic amines is 1. The van der Waals surface area contributed by atoms with E-state index in [1.807, 2.05) is 31.2 Å². The van der Waals surface area contributed by atoms with Crippen LogP contribution in [0.4, 0.5) is 0 Å². The third-order valence-corrected chi connectivity index (χ3v) is 3.23. The van der Waals surface area contributed by atoms with Crippen molar-refractivity contribution in [3.05, 3.63) is 64.1 Å². The number of fused-ring (bicyclic) bond motifs is 1. The smallest absolute Gasteiger partial charge is 0.265 e. The van der Waals surface area contributed by atoms with Gasteiger partial charge in [-0.15, -0.1) is 0 Å². The molecule has 2 aromatic heterocycles. The minimum absolute atomic E-state index is 0.167. The average molecular weight is 267 g/mol. The highest BCUT2D eigenvalue weighted by atomic mass is 16.1. The topological polar surface area (TPSA) is 80.9 Å². The number of rotatable bonds is 2. The van der Waals surface area contributed by atoms with Crippen molar-refractivity contribution in [1.29, 1.82) is 0 Å². The van der Waals surface area contributed by atoms with Crippen LogP contribution in [0.1, 0.15) is 16.1 Å². The number of nitrogens with one attached hydrogen (secondary N) is 1. The van der Waals surface area contributed by atoms with Gasteiger partial charge in [0.25, 0.3) is 11.5 Å². The minimum atomic E-state index is -0.552. The number of aryl methyl sites for hydroxylation is 1. The van der Waals surface area contributed by atoms with E-state index in [9.17, 15) is 9.59 Å². The number of amides is 1. The fraction of sp³-hybridized carbons (Fsp3) is 0.0667. The lowest BCUT2D eigenvalue weighted by atomic mass is 10.2. The Labute approximate surface area is 114 Å². The maximum atomic E-state index is 12.1. The van der Waals surface area contributed by atoms with Gasteiger partial charge in [0.05, 0.1) is 5.69 Å². The van der Waals surface area contributed by atoms with E-state index in [-0.39, 0.29) is 11.3 Å². The van der Waals surface area contributed by atoms with E-state index in [0.717, 1.165) is 16.6 Å². The zero-order valence-electron chi connectivity index (χ0n) is 10.9. The van der Waals surface area contributed by atoms with Gasteiger partial charge < -0.3 is 10.7 Å². The van der Waals surface area contributed by atoms with Crippen LogP contribution in [0.2, 0.25) is 0 Å².